The highest BCUT2D eigenvalue weighted by Gasteiger charge is 2.28. The van der Waals surface area contributed by atoms with E-state index in [0.29, 0.717) is 30.3 Å². The fourth-order valence-electron chi connectivity index (χ4n) is 3.65. The van der Waals surface area contributed by atoms with E-state index in [1.165, 1.54) is 0 Å². The lowest BCUT2D eigenvalue weighted by Crippen LogP contribution is -2.36. The van der Waals surface area contributed by atoms with Gasteiger partial charge in [-0.25, -0.2) is 0 Å². The van der Waals surface area contributed by atoms with Crippen molar-refractivity contribution in [2.24, 2.45) is 0 Å². The predicted octanol–water partition coefficient (Wildman–Crippen LogP) is 4.29. The molecule has 2 heterocycles. The second kappa shape index (κ2) is 11.6. The number of anilines is 1. The second-order valence-electron chi connectivity index (χ2n) is 7.36. The highest BCUT2D eigenvalue weighted by atomic mass is 35.5. The summed E-state index contributed by atoms with van der Waals surface area (Å²) in [4.78, 5) is 3.26. The van der Waals surface area contributed by atoms with Gasteiger partial charge in [0.2, 0.25) is 5.52 Å². The van der Waals surface area contributed by atoms with Crippen LogP contribution in [0.1, 0.15) is 17.8 Å². The van der Waals surface area contributed by atoms with Gasteiger partial charge >= 0.3 is 0 Å². The van der Waals surface area contributed by atoms with Crippen molar-refractivity contribution in [3.63, 3.8) is 0 Å². The van der Waals surface area contributed by atoms with Crippen molar-refractivity contribution < 1.29 is 32.2 Å². The maximum atomic E-state index is 11.2. The third-order valence-corrected chi connectivity index (χ3v) is 8.92. The summed E-state index contributed by atoms with van der Waals surface area (Å²) >= 11 is 10.5. The van der Waals surface area contributed by atoms with E-state index in [-0.39, 0.29) is 5.75 Å². The lowest BCUT2D eigenvalue weighted by molar-refractivity contribution is -0.777. The Bertz CT molecular complexity index is 1300. The molecule has 3 aromatic rings. The summed E-state index contributed by atoms with van der Waals surface area (Å²) in [5, 5.41) is 16.0. The number of hydrogen-bond acceptors (Lipinski definition) is 9. The fraction of sp³-hybridized carbons (Fsp3) is 0.286. The molecule has 0 radical (unpaired) electrons. The average Bonchev–Trinajstić information content (AvgIpc) is 3.30. The largest absolute Gasteiger partial charge is 0.691 e. The van der Waals surface area contributed by atoms with Gasteiger partial charge in [0, 0.05) is 46.7 Å². The molecule has 4 rings (SSSR count). The lowest BCUT2D eigenvalue weighted by Gasteiger charge is -2.20. The number of thiazole rings is 1. The van der Waals surface area contributed by atoms with Crippen LogP contribution >= 0.6 is 46.7 Å². The molecule has 0 aliphatic carbocycles. The van der Waals surface area contributed by atoms with Crippen LogP contribution in [0.4, 0.5) is 5.69 Å². The quantitative estimate of drug-likeness (QED) is 0.0918. The summed E-state index contributed by atoms with van der Waals surface area (Å²) in [6.45, 7) is 1.13. The van der Waals surface area contributed by atoms with Crippen molar-refractivity contribution in [2.45, 2.75) is 24.3 Å². The van der Waals surface area contributed by atoms with E-state index < -0.39 is 10.1 Å². The van der Waals surface area contributed by atoms with Crippen molar-refractivity contribution in [3.8, 4) is 0 Å². The van der Waals surface area contributed by atoms with E-state index in [9.17, 15) is 13.7 Å². The Morgan fingerprint density at radius 2 is 2.06 bits per heavy atom. The molecular weight excluding hydrogens is 540 g/mol. The minimum absolute atomic E-state index is 0.294. The summed E-state index contributed by atoms with van der Waals surface area (Å²) in [5.74, 6) is 0.281. The Morgan fingerprint density at radius 1 is 1.24 bits per heavy atom. The van der Waals surface area contributed by atoms with Crippen molar-refractivity contribution in [2.75, 3.05) is 23.0 Å². The highest BCUT2D eigenvalue weighted by Crippen LogP contribution is 2.47. The Morgan fingerprint density at radius 3 is 2.85 bits per heavy atom. The summed E-state index contributed by atoms with van der Waals surface area (Å²) in [6, 6.07) is 13.7. The van der Waals surface area contributed by atoms with Gasteiger partial charge in [-0.05, 0) is 30.7 Å². The van der Waals surface area contributed by atoms with E-state index in [2.05, 4.69) is 24.9 Å². The first-order valence-corrected chi connectivity index (χ1v) is 14.8. The predicted molar refractivity (Wildman–Crippen MR) is 135 cm³/mol. The number of para-hydroxylation sites is 1. The van der Waals surface area contributed by atoms with E-state index in [1.54, 1.807) is 23.1 Å². The van der Waals surface area contributed by atoms with Crippen molar-refractivity contribution in [3.05, 3.63) is 57.5 Å². The monoisotopic (exact) mass is 560 g/mol. The van der Waals surface area contributed by atoms with Crippen LogP contribution in [0.5, 0.6) is 0 Å². The van der Waals surface area contributed by atoms with Crippen LogP contribution in [0.15, 0.2) is 52.4 Å². The summed E-state index contributed by atoms with van der Waals surface area (Å²) in [7, 11) is -4.02. The van der Waals surface area contributed by atoms with Crippen LogP contribution in [-0.4, -0.2) is 31.0 Å². The Hall–Kier alpha value is -1.35. The van der Waals surface area contributed by atoms with Gasteiger partial charge in [-0.15, -0.1) is 0 Å². The Labute approximate surface area is 214 Å². The lowest BCUT2D eigenvalue weighted by atomic mass is 10.2. The first kappa shape index (κ1) is 25.7. The van der Waals surface area contributed by atoms with Crippen molar-refractivity contribution in [1.29, 1.82) is 0 Å². The van der Waals surface area contributed by atoms with Crippen LogP contribution in [0, 0.1) is 0 Å². The number of benzene rings is 2. The molecule has 34 heavy (non-hydrogen) atoms. The number of rotatable bonds is 11. The zero-order valence-corrected chi connectivity index (χ0v) is 21.8. The molecule has 182 valence electrons. The minimum Gasteiger partial charge on any atom is -0.691 e. The molecule has 0 unspecified atom stereocenters. The van der Waals surface area contributed by atoms with Gasteiger partial charge in [-0.2, -0.15) is 17.3 Å². The molecule has 1 aliphatic rings. The van der Waals surface area contributed by atoms with Gasteiger partial charge in [0.15, 0.2) is 6.54 Å². The van der Waals surface area contributed by atoms with Gasteiger partial charge in [0.25, 0.3) is 15.1 Å². The highest BCUT2D eigenvalue weighted by molar-refractivity contribution is 8.04. The molecule has 8 nitrogen and oxygen atoms in total. The van der Waals surface area contributed by atoms with Crippen LogP contribution in [0.3, 0.4) is 0 Å². The van der Waals surface area contributed by atoms with Crippen LogP contribution in [0.25, 0.3) is 16.3 Å². The number of halogens is 1. The zero-order chi connectivity index (χ0) is 24.1. The molecule has 0 spiro atoms. The van der Waals surface area contributed by atoms with Crippen molar-refractivity contribution >= 4 is 78.8 Å². The fourth-order valence-corrected chi connectivity index (χ4v) is 6.97. The molecule has 0 fully saturated rings. The summed E-state index contributed by atoms with van der Waals surface area (Å²) in [6.07, 6.45) is 3.13. The molecule has 1 aromatic heterocycles. The topological polar surface area (TPSA) is 103 Å². The van der Waals surface area contributed by atoms with Gasteiger partial charge in [0.1, 0.15) is 4.70 Å². The van der Waals surface area contributed by atoms with Crippen LogP contribution < -0.4 is 14.7 Å². The summed E-state index contributed by atoms with van der Waals surface area (Å²) < 4.78 is 39.1. The van der Waals surface area contributed by atoms with Gasteiger partial charge in [0.05, 0.1) is 22.5 Å². The first-order chi connectivity index (χ1) is 16.4. The van der Waals surface area contributed by atoms with Gasteiger partial charge in [-0.3, -0.25) is 9.59 Å². The number of nitrogens with zero attached hydrogens (tertiary/aromatic N) is 2. The zero-order valence-electron chi connectivity index (χ0n) is 17.8. The van der Waals surface area contributed by atoms with E-state index in [1.807, 2.05) is 42.5 Å². The third-order valence-electron chi connectivity index (χ3n) is 5.05. The van der Waals surface area contributed by atoms with E-state index >= 15 is 0 Å². The summed E-state index contributed by atoms with van der Waals surface area (Å²) in [5.41, 5.74) is 2.02. The molecule has 1 N–H and O–H groups in total. The molecular formula is C21H21ClN2O6S4. The first-order valence-electron chi connectivity index (χ1n) is 10.3. The van der Waals surface area contributed by atoms with Gasteiger partial charge < -0.3 is 10.2 Å². The molecule has 2 aromatic carbocycles. The van der Waals surface area contributed by atoms with E-state index in [4.69, 9.17) is 16.2 Å². The smallest absolute Gasteiger partial charge is 0.265 e. The van der Waals surface area contributed by atoms with Crippen LogP contribution in [-0.2, 0) is 26.0 Å². The number of hydrogen-bond donors (Lipinski definition) is 1. The molecule has 1 aliphatic heterocycles. The Balaban J connectivity index is 1.65. The molecule has 13 heteroatoms. The van der Waals surface area contributed by atoms with E-state index in [0.717, 1.165) is 49.3 Å². The average molecular weight is 561 g/mol. The number of thioether (sulfide) groups is 1. The Kier molecular flexibility index (Phi) is 8.77. The second-order valence-corrected chi connectivity index (χ2v) is 12.3. The normalized spacial score (nSPS) is 14.9. The standard InChI is InChI=1S/C21H21ClN2O6S4/c22-15-7-8-19-17(13-15)24(9-3-11-31-30-29-25)21(33-19)14-20-23(10-4-12-34(26,27)28)16-5-1-2-6-18(16)32-20/h1-2,5-8,13-14H,3-4,9-12H2,(H-,25,26,27,28). The molecule has 0 saturated heterocycles. The van der Waals surface area contributed by atoms with Crippen molar-refractivity contribution in [1.82, 2.24) is 0 Å². The minimum atomic E-state index is -4.02. The SMILES string of the molecule is O=S(=O)(O)CCC[n+]1c(C=C2Sc3ccc(Cl)cc3N2CCCSOO[O-])sc2ccccc21. The molecule has 0 saturated carbocycles. The number of aryl methyl sites for hydroxylation is 1. The van der Waals surface area contributed by atoms with Crippen LogP contribution in [0.2, 0.25) is 5.02 Å². The molecule has 0 atom stereocenters. The third kappa shape index (κ3) is 6.45. The van der Waals surface area contributed by atoms with Gasteiger partial charge in [-0.1, -0.05) is 46.8 Å². The number of fused-ring (bicyclic) bond motifs is 2. The maximum absolute atomic E-state index is 11.2. The molecule has 0 bridgehead atoms. The maximum Gasteiger partial charge on any atom is 0.265 e. The molecule has 0 amide bonds. The number of aromatic nitrogens is 1.